The number of nitrogens with zero attached hydrogens (tertiary/aromatic N) is 1. The van der Waals surface area contributed by atoms with Crippen LogP contribution in [0.25, 0.3) is 10.9 Å². The highest BCUT2D eigenvalue weighted by Crippen LogP contribution is 2.15. The van der Waals surface area contributed by atoms with E-state index in [4.69, 9.17) is 0 Å². The van der Waals surface area contributed by atoms with Crippen molar-refractivity contribution in [2.24, 2.45) is 5.92 Å². The second-order valence-electron chi connectivity index (χ2n) is 6.34. The van der Waals surface area contributed by atoms with Crippen molar-refractivity contribution in [2.45, 2.75) is 26.3 Å². The van der Waals surface area contributed by atoms with E-state index >= 15 is 0 Å². The molecule has 0 fully saturated rings. The van der Waals surface area contributed by atoms with E-state index in [9.17, 15) is 4.79 Å². The molecule has 4 nitrogen and oxygen atoms in total. The molecule has 0 spiro atoms. The molecule has 0 radical (unpaired) electrons. The van der Waals surface area contributed by atoms with Gasteiger partial charge >= 0.3 is 0 Å². The zero-order chi connectivity index (χ0) is 15.4. The Kier molecular flexibility index (Phi) is 5.02. The van der Waals surface area contributed by atoms with Gasteiger partial charge in [0, 0.05) is 29.9 Å². The Hall–Kier alpha value is -1.81. The van der Waals surface area contributed by atoms with E-state index in [1.807, 2.05) is 44.6 Å². The summed E-state index contributed by atoms with van der Waals surface area (Å²) in [4.78, 5) is 17.7. The van der Waals surface area contributed by atoms with E-state index in [2.05, 4.69) is 29.0 Å². The first-order valence-electron chi connectivity index (χ1n) is 7.48. The number of fused-ring (bicyclic) bond motifs is 1. The molecular formula is C17H25N3O. The molecule has 4 heteroatoms. The molecule has 114 valence electrons. The number of hydrogen-bond acceptors (Lipinski definition) is 2. The summed E-state index contributed by atoms with van der Waals surface area (Å²) in [7, 11) is 4.06. The molecule has 1 aromatic heterocycles. The van der Waals surface area contributed by atoms with Crippen LogP contribution in [-0.2, 0) is 0 Å². The monoisotopic (exact) mass is 287 g/mol. The van der Waals surface area contributed by atoms with Gasteiger partial charge in [-0.15, -0.1) is 0 Å². The van der Waals surface area contributed by atoms with Crippen LogP contribution in [0.4, 0.5) is 0 Å². The Bertz CT molecular complexity index is 591. The van der Waals surface area contributed by atoms with Crippen molar-refractivity contribution < 1.29 is 4.79 Å². The third-order valence-corrected chi connectivity index (χ3v) is 3.49. The van der Waals surface area contributed by atoms with Crippen LogP contribution in [0.5, 0.6) is 0 Å². The number of H-pyrrole nitrogens is 1. The van der Waals surface area contributed by atoms with Crippen molar-refractivity contribution in [3.05, 3.63) is 36.0 Å². The van der Waals surface area contributed by atoms with Crippen molar-refractivity contribution in [1.82, 2.24) is 15.2 Å². The van der Waals surface area contributed by atoms with E-state index in [0.29, 0.717) is 11.5 Å². The molecule has 0 saturated carbocycles. The van der Waals surface area contributed by atoms with Gasteiger partial charge in [0.2, 0.25) is 0 Å². The Morgan fingerprint density at radius 1 is 1.29 bits per heavy atom. The number of aromatic nitrogens is 1. The number of hydrogen-bond donors (Lipinski definition) is 2. The first kappa shape index (κ1) is 15.6. The summed E-state index contributed by atoms with van der Waals surface area (Å²) in [6.45, 7) is 5.22. The van der Waals surface area contributed by atoms with Crippen LogP contribution in [0.2, 0.25) is 0 Å². The number of nitrogens with one attached hydrogen (secondary N) is 2. The van der Waals surface area contributed by atoms with Crippen LogP contribution in [0.3, 0.4) is 0 Å². The van der Waals surface area contributed by atoms with Crippen molar-refractivity contribution in [2.75, 3.05) is 20.6 Å². The van der Waals surface area contributed by atoms with Gasteiger partial charge in [0.1, 0.15) is 0 Å². The van der Waals surface area contributed by atoms with Gasteiger partial charge in [-0.3, -0.25) is 4.79 Å². The molecule has 1 amide bonds. The minimum absolute atomic E-state index is 0.000926. The molecule has 1 atom stereocenters. The molecule has 1 unspecified atom stereocenters. The SMILES string of the molecule is CC(C)CC(CN(C)C)NC(=O)c1ccc2cc[nH]c2c1. The maximum absolute atomic E-state index is 12.4. The van der Waals surface area contributed by atoms with E-state index in [-0.39, 0.29) is 11.9 Å². The summed E-state index contributed by atoms with van der Waals surface area (Å²) in [5.74, 6) is 0.556. The van der Waals surface area contributed by atoms with E-state index in [1.165, 1.54) is 0 Å². The largest absolute Gasteiger partial charge is 0.361 e. The Labute approximate surface area is 126 Å². The van der Waals surface area contributed by atoms with Crippen molar-refractivity contribution >= 4 is 16.8 Å². The van der Waals surface area contributed by atoms with Crippen LogP contribution in [0.15, 0.2) is 30.5 Å². The van der Waals surface area contributed by atoms with Gasteiger partial charge in [-0.2, -0.15) is 0 Å². The molecule has 1 heterocycles. The fourth-order valence-electron chi connectivity index (χ4n) is 2.65. The minimum atomic E-state index is -0.000926. The lowest BCUT2D eigenvalue weighted by atomic mass is 10.0. The zero-order valence-corrected chi connectivity index (χ0v) is 13.3. The highest BCUT2D eigenvalue weighted by atomic mass is 16.1. The number of carbonyl (C=O) groups is 1. The van der Waals surface area contributed by atoms with Gasteiger partial charge in [-0.1, -0.05) is 19.9 Å². The lowest BCUT2D eigenvalue weighted by molar-refractivity contribution is 0.0924. The quantitative estimate of drug-likeness (QED) is 0.858. The summed E-state index contributed by atoms with van der Waals surface area (Å²) in [6, 6.07) is 7.95. The van der Waals surface area contributed by atoms with Crippen molar-refractivity contribution in [3.63, 3.8) is 0 Å². The molecule has 0 saturated heterocycles. The highest BCUT2D eigenvalue weighted by molar-refractivity contribution is 5.98. The normalized spacial score (nSPS) is 13.0. The lowest BCUT2D eigenvalue weighted by Crippen LogP contribution is -2.42. The molecule has 1 aromatic carbocycles. The number of benzene rings is 1. The molecule has 0 bridgehead atoms. The zero-order valence-electron chi connectivity index (χ0n) is 13.3. The fourth-order valence-corrected chi connectivity index (χ4v) is 2.65. The molecule has 2 aromatic rings. The van der Waals surface area contributed by atoms with Crippen LogP contribution in [0, 0.1) is 5.92 Å². The standard InChI is InChI=1S/C17H25N3O/c1-12(2)9-15(11-20(3)4)19-17(21)14-6-5-13-7-8-18-16(13)10-14/h5-8,10,12,15,18H,9,11H2,1-4H3,(H,19,21). The Morgan fingerprint density at radius 2 is 2.05 bits per heavy atom. The predicted molar refractivity (Wildman–Crippen MR) is 87.6 cm³/mol. The Morgan fingerprint density at radius 3 is 2.71 bits per heavy atom. The summed E-state index contributed by atoms with van der Waals surface area (Å²) >= 11 is 0. The topological polar surface area (TPSA) is 48.1 Å². The smallest absolute Gasteiger partial charge is 0.251 e. The molecule has 2 N–H and O–H groups in total. The number of aromatic amines is 1. The maximum atomic E-state index is 12.4. The molecule has 0 aliphatic carbocycles. The van der Waals surface area contributed by atoms with E-state index in [1.54, 1.807) is 0 Å². The van der Waals surface area contributed by atoms with Gasteiger partial charge < -0.3 is 15.2 Å². The first-order valence-corrected chi connectivity index (χ1v) is 7.48. The predicted octanol–water partition coefficient (Wildman–Crippen LogP) is 2.87. The second kappa shape index (κ2) is 6.76. The van der Waals surface area contributed by atoms with Crippen molar-refractivity contribution in [1.29, 1.82) is 0 Å². The van der Waals surface area contributed by atoms with Gasteiger partial charge in [0.05, 0.1) is 0 Å². The fraction of sp³-hybridized carbons (Fsp3) is 0.471. The average molecular weight is 287 g/mol. The van der Waals surface area contributed by atoms with E-state index in [0.717, 1.165) is 23.9 Å². The molecule has 0 aliphatic rings. The van der Waals surface area contributed by atoms with Crippen molar-refractivity contribution in [3.8, 4) is 0 Å². The molecule has 21 heavy (non-hydrogen) atoms. The Balaban J connectivity index is 2.09. The summed E-state index contributed by atoms with van der Waals surface area (Å²) < 4.78 is 0. The van der Waals surface area contributed by atoms with Crippen LogP contribution in [0.1, 0.15) is 30.6 Å². The van der Waals surface area contributed by atoms with E-state index < -0.39 is 0 Å². The number of amides is 1. The third-order valence-electron chi connectivity index (χ3n) is 3.49. The first-order chi connectivity index (χ1) is 9.95. The summed E-state index contributed by atoms with van der Waals surface area (Å²) in [5.41, 5.74) is 1.70. The van der Waals surface area contributed by atoms with Crippen LogP contribution >= 0.6 is 0 Å². The van der Waals surface area contributed by atoms with Gasteiger partial charge in [0.25, 0.3) is 5.91 Å². The molecule has 2 rings (SSSR count). The van der Waals surface area contributed by atoms with Crippen LogP contribution < -0.4 is 5.32 Å². The van der Waals surface area contributed by atoms with Gasteiger partial charge in [0.15, 0.2) is 0 Å². The van der Waals surface area contributed by atoms with Crippen LogP contribution in [-0.4, -0.2) is 42.5 Å². The molecular weight excluding hydrogens is 262 g/mol. The number of rotatable bonds is 6. The molecule has 0 aliphatic heterocycles. The van der Waals surface area contributed by atoms with Gasteiger partial charge in [-0.05, 0) is 50.0 Å². The highest BCUT2D eigenvalue weighted by Gasteiger charge is 2.16. The van der Waals surface area contributed by atoms with Gasteiger partial charge in [-0.25, -0.2) is 0 Å². The average Bonchev–Trinajstić information content (AvgIpc) is 2.83. The number of likely N-dealkylation sites (N-methyl/N-ethyl adjacent to an activating group) is 1. The maximum Gasteiger partial charge on any atom is 0.251 e. The third kappa shape index (κ3) is 4.33. The minimum Gasteiger partial charge on any atom is -0.361 e. The number of carbonyl (C=O) groups excluding carboxylic acids is 1. The summed E-state index contributed by atoms with van der Waals surface area (Å²) in [5, 5.41) is 4.28. The summed E-state index contributed by atoms with van der Waals surface area (Å²) in [6.07, 6.45) is 2.87. The second-order valence-corrected chi connectivity index (χ2v) is 6.34. The lowest BCUT2D eigenvalue weighted by Gasteiger charge is -2.24.